The van der Waals surface area contributed by atoms with Crippen LogP contribution in [-0.2, 0) is 10.0 Å². The van der Waals surface area contributed by atoms with Gasteiger partial charge in [-0.3, -0.25) is 14.6 Å². The second-order valence-electron chi connectivity index (χ2n) is 6.45. The van der Waals surface area contributed by atoms with Crippen LogP contribution in [-0.4, -0.2) is 29.5 Å². The number of hydrogen-bond acceptors (Lipinski definition) is 6. The molecule has 0 aliphatic carbocycles. The topological polar surface area (TPSA) is 117 Å². The Morgan fingerprint density at radius 1 is 1.07 bits per heavy atom. The molecule has 2 heterocycles. The highest BCUT2D eigenvalue weighted by Crippen LogP contribution is 2.21. The number of hydrogen-bond donors (Lipinski definition) is 3. The van der Waals surface area contributed by atoms with Gasteiger partial charge in [0, 0.05) is 22.8 Å². The van der Waals surface area contributed by atoms with Crippen LogP contribution in [0.3, 0.4) is 0 Å². The van der Waals surface area contributed by atoms with Gasteiger partial charge in [-0.15, -0.1) is 11.3 Å². The number of aryl methyl sites for hydroxylation is 1. The molecule has 0 saturated heterocycles. The minimum Gasteiger partial charge on any atom is -0.321 e. The quantitative estimate of drug-likeness (QED) is 0.421. The average Bonchev–Trinajstić information content (AvgIpc) is 3.41. The van der Waals surface area contributed by atoms with E-state index in [-0.39, 0.29) is 15.9 Å². The van der Waals surface area contributed by atoms with Crippen molar-refractivity contribution in [3.63, 3.8) is 0 Å². The van der Waals surface area contributed by atoms with Gasteiger partial charge in [-0.2, -0.15) is 5.10 Å². The Labute approximate surface area is 177 Å². The fraction of sp³-hybridized carbons (Fsp3) is 0.0500. The molecule has 8 nitrogen and oxygen atoms in total. The molecule has 0 aliphatic rings. The molecule has 3 N–H and O–H groups in total. The van der Waals surface area contributed by atoms with Crippen molar-refractivity contribution in [2.45, 2.75) is 11.8 Å². The Kier molecular flexibility index (Phi) is 5.34. The van der Waals surface area contributed by atoms with Crippen LogP contribution in [0.2, 0.25) is 0 Å². The highest BCUT2D eigenvalue weighted by atomic mass is 32.2. The van der Waals surface area contributed by atoms with Crippen LogP contribution in [0.5, 0.6) is 0 Å². The lowest BCUT2D eigenvalue weighted by atomic mass is 10.1. The van der Waals surface area contributed by atoms with Gasteiger partial charge < -0.3 is 5.32 Å². The summed E-state index contributed by atoms with van der Waals surface area (Å²) in [5, 5.41) is 11.6. The molecule has 152 valence electrons. The number of rotatable bonds is 6. The number of thiazole rings is 1. The summed E-state index contributed by atoms with van der Waals surface area (Å²) >= 11 is 1.19. The van der Waals surface area contributed by atoms with Crippen LogP contribution in [0, 0.1) is 6.92 Å². The van der Waals surface area contributed by atoms with Crippen molar-refractivity contribution in [2.75, 3.05) is 10.0 Å². The summed E-state index contributed by atoms with van der Waals surface area (Å²) in [4.78, 5) is 16.5. The predicted molar refractivity (Wildman–Crippen MR) is 116 cm³/mol. The smallest absolute Gasteiger partial charge is 0.273 e. The molecule has 2 aromatic carbocycles. The van der Waals surface area contributed by atoms with Gasteiger partial charge in [-0.1, -0.05) is 29.8 Å². The molecule has 4 aromatic rings. The minimum atomic E-state index is -3.74. The van der Waals surface area contributed by atoms with Crippen LogP contribution in [0.25, 0.3) is 11.3 Å². The number of sulfonamides is 1. The monoisotopic (exact) mass is 439 g/mol. The number of nitrogens with one attached hydrogen (secondary N) is 3. The zero-order valence-electron chi connectivity index (χ0n) is 15.8. The Morgan fingerprint density at radius 3 is 2.47 bits per heavy atom. The van der Waals surface area contributed by atoms with Crippen molar-refractivity contribution in [1.29, 1.82) is 0 Å². The number of H-pyrrole nitrogens is 1. The summed E-state index contributed by atoms with van der Waals surface area (Å²) in [5.74, 6) is -0.377. The summed E-state index contributed by atoms with van der Waals surface area (Å²) in [6.07, 6.45) is 1.51. The van der Waals surface area contributed by atoms with Gasteiger partial charge in [-0.05, 0) is 37.3 Å². The third kappa shape index (κ3) is 4.39. The summed E-state index contributed by atoms with van der Waals surface area (Å²) in [6.45, 7) is 2.00. The third-order valence-electron chi connectivity index (χ3n) is 4.25. The lowest BCUT2D eigenvalue weighted by Crippen LogP contribution is -2.14. The molecule has 4 rings (SSSR count). The number of carbonyl (C=O) groups excluding carboxylic acids is 1. The number of amides is 1. The number of nitrogens with zero attached hydrogens (tertiary/aromatic N) is 2. The first kappa shape index (κ1) is 19.8. The van der Waals surface area contributed by atoms with Gasteiger partial charge in [0.25, 0.3) is 15.9 Å². The fourth-order valence-electron chi connectivity index (χ4n) is 2.67. The fourth-order valence-corrected chi connectivity index (χ4v) is 4.46. The maximum atomic E-state index is 12.5. The Balaban J connectivity index is 1.44. The number of aromatic nitrogens is 3. The largest absolute Gasteiger partial charge is 0.321 e. The molecule has 0 spiro atoms. The first-order chi connectivity index (χ1) is 14.4. The Morgan fingerprint density at radius 2 is 1.80 bits per heavy atom. The van der Waals surface area contributed by atoms with Gasteiger partial charge >= 0.3 is 0 Å². The van der Waals surface area contributed by atoms with Crippen LogP contribution in [0.1, 0.15) is 16.1 Å². The standard InChI is InChI=1S/C20H17N5O3S2/c1-13-2-4-14(5-3-13)17-12-18(24-23-17)19(26)22-15-6-8-16(9-7-15)30(27,28)25-20-21-10-11-29-20/h2-12H,1H3,(H,21,25)(H,22,26)(H,23,24). The van der Waals surface area contributed by atoms with Gasteiger partial charge in [0.15, 0.2) is 5.13 Å². The molecule has 0 atom stereocenters. The SMILES string of the molecule is Cc1ccc(-c2cc(C(=O)Nc3ccc(S(=O)(=O)Nc4nccs4)cc3)[nH]n2)cc1. The van der Waals surface area contributed by atoms with Crippen molar-refractivity contribution >= 4 is 38.1 Å². The van der Waals surface area contributed by atoms with E-state index in [1.165, 1.54) is 41.8 Å². The van der Waals surface area contributed by atoms with Crippen molar-refractivity contribution in [3.05, 3.63) is 77.4 Å². The lowest BCUT2D eigenvalue weighted by Gasteiger charge is -2.07. The maximum Gasteiger partial charge on any atom is 0.273 e. The zero-order valence-corrected chi connectivity index (χ0v) is 17.4. The molecule has 1 amide bonds. The first-order valence-electron chi connectivity index (χ1n) is 8.87. The van der Waals surface area contributed by atoms with E-state index in [4.69, 9.17) is 0 Å². The van der Waals surface area contributed by atoms with E-state index in [0.29, 0.717) is 17.1 Å². The second kappa shape index (κ2) is 8.09. The third-order valence-corrected chi connectivity index (χ3v) is 6.42. The highest BCUT2D eigenvalue weighted by molar-refractivity contribution is 7.93. The molecule has 2 aromatic heterocycles. The molecule has 10 heteroatoms. The number of aromatic amines is 1. The molecule has 0 bridgehead atoms. The molecule has 30 heavy (non-hydrogen) atoms. The number of benzene rings is 2. The molecular weight excluding hydrogens is 422 g/mol. The van der Waals surface area contributed by atoms with Gasteiger partial charge in [-0.25, -0.2) is 13.4 Å². The molecule has 0 radical (unpaired) electrons. The number of anilines is 2. The van der Waals surface area contributed by atoms with Crippen molar-refractivity contribution in [3.8, 4) is 11.3 Å². The van der Waals surface area contributed by atoms with E-state index in [0.717, 1.165) is 11.1 Å². The second-order valence-corrected chi connectivity index (χ2v) is 9.03. The zero-order chi connectivity index (χ0) is 21.1. The Bertz CT molecular complexity index is 1260. The molecule has 0 aliphatic heterocycles. The molecule has 0 unspecified atom stereocenters. The van der Waals surface area contributed by atoms with Gasteiger partial charge in [0.05, 0.1) is 10.6 Å². The van der Waals surface area contributed by atoms with Gasteiger partial charge in [0.2, 0.25) is 0 Å². The normalized spacial score (nSPS) is 11.2. The lowest BCUT2D eigenvalue weighted by molar-refractivity contribution is 0.102. The van der Waals surface area contributed by atoms with E-state index in [9.17, 15) is 13.2 Å². The van der Waals surface area contributed by atoms with Gasteiger partial charge in [0.1, 0.15) is 5.69 Å². The van der Waals surface area contributed by atoms with Crippen LogP contribution >= 0.6 is 11.3 Å². The molecule has 0 saturated carbocycles. The van der Waals surface area contributed by atoms with Crippen molar-refractivity contribution < 1.29 is 13.2 Å². The summed E-state index contributed by atoms with van der Waals surface area (Å²) < 4.78 is 27.1. The molecular formula is C20H17N5O3S2. The number of carbonyl (C=O) groups is 1. The van der Waals surface area contributed by atoms with Crippen LogP contribution in [0.15, 0.2) is 71.1 Å². The molecule has 0 fully saturated rings. The van der Waals surface area contributed by atoms with E-state index < -0.39 is 10.0 Å². The Hall–Kier alpha value is -3.50. The highest BCUT2D eigenvalue weighted by Gasteiger charge is 2.16. The van der Waals surface area contributed by atoms with Crippen molar-refractivity contribution in [2.24, 2.45) is 0 Å². The first-order valence-corrected chi connectivity index (χ1v) is 11.2. The summed E-state index contributed by atoms with van der Waals surface area (Å²) in [5.41, 5.74) is 3.46. The van der Waals surface area contributed by atoms with E-state index in [2.05, 4.69) is 25.2 Å². The van der Waals surface area contributed by atoms with E-state index in [1.54, 1.807) is 11.4 Å². The summed E-state index contributed by atoms with van der Waals surface area (Å²) in [7, 11) is -3.74. The average molecular weight is 440 g/mol. The predicted octanol–water partition coefficient (Wildman–Crippen LogP) is 3.89. The van der Waals surface area contributed by atoms with Crippen LogP contribution in [0.4, 0.5) is 10.8 Å². The minimum absolute atomic E-state index is 0.0684. The maximum absolute atomic E-state index is 12.5. The van der Waals surface area contributed by atoms with E-state index in [1.807, 2.05) is 31.2 Å². The summed E-state index contributed by atoms with van der Waals surface area (Å²) in [6, 6.07) is 15.4. The van der Waals surface area contributed by atoms with Crippen LogP contribution < -0.4 is 10.0 Å². The van der Waals surface area contributed by atoms with Crippen molar-refractivity contribution in [1.82, 2.24) is 15.2 Å². The van der Waals surface area contributed by atoms with E-state index >= 15 is 0 Å².